The molecule has 0 aliphatic heterocycles. The molecule has 2 aromatic carbocycles. The number of anilines is 1. The van der Waals surface area contributed by atoms with Gasteiger partial charge in [-0.2, -0.15) is 0 Å². The van der Waals surface area contributed by atoms with Crippen LogP contribution in [-0.2, 0) is 5.41 Å². The predicted molar refractivity (Wildman–Crippen MR) is 95.1 cm³/mol. The highest BCUT2D eigenvalue weighted by Crippen LogP contribution is 2.43. The van der Waals surface area contributed by atoms with Gasteiger partial charge in [-0.1, -0.05) is 36.8 Å². The van der Waals surface area contributed by atoms with E-state index in [-0.39, 0.29) is 11.3 Å². The predicted octanol–water partition coefficient (Wildman–Crippen LogP) is 3.60. The standard InChI is InChI=1S/C20H24N2O/c1-22(2)18-11-9-16(10-12-18)19(23)21-15-20(13-6-14-20)17-7-4-3-5-8-17/h3-5,7-12H,6,13-15H2,1-2H3,(H,21,23). The fraction of sp³-hybridized carbons (Fsp3) is 0.350. The zero-order chi connectivity index (χ0) is 16.3. The summed E-state index contributed by atoms with van der Waals surface area (Å²) in [5.41, 5.74) is 3.29. The first-order chi connectivity index (χ1) is 11.1. The van der Waals surface area contributed by atoms with E-state index in [1.54, 1.807) is 0 Å². The number of hydrogen-bond acceptors (Lipinski definition) is 2. The lowest BCUT2D eigenvalue weighted by atomic mass is 9.64. The van der Waals surface area contributed by atoms with Crippen LogP contribution in [-0.4, -0.2) is 26.5 Å². The van der Waals surface area contributed by atoms with Gasteiger partial charge in [0, 0.05) is 37.3 Å². The Kier molecular flexibility index (Phi) is 4.37. The Morgan fingerprint density at radius 2 is 1.70 bits per heavy atom. The van der Waals surface area contributed by atoms with Crippen LogP contribution in [0.1, 0.15) is 35.2 Å². The maximum atomic E-state index is 12.4. The topological polar surface area (TPSA) is 32.3 Å². The molecule has 1 fully saturated rings. The molecule has 2 aromatic rings. The Bertz CT molecular complexity index is 658. The van der Waals surface area contributed by atoms with Crippen molar-refractivity contribution in [3.8, 4) is 0 Å². The lowest BCUT2D eigenvalue weighted by molar-refractivity contribution is 0.0928. The van der Waals surface area contributed by atoms with Crippen LogP contribution in [0.2, 0.25) is 0 Å². The Morgan fingerprint density at radius 1 is 1.04 bits per heavy atom. The molecule has 3 rings (SSSR count). The third-order valence-electron chi connectivity index (χ3n) is 4.93. The number of nitrogens with one attached hydrogen (secondary N) is 1. The van der Waals surface area contributed by atoms with Crippen LogP contribution in [0.4, 0.5) is 5.69 Å². The van der Waals surface area contributed by atoms with Crippen molar-refractivity contribution >= 4 is 11.6 Å². The van der Waals surface area contributed by atoms with E-state index in [9.17, 15) is 4.79 Å². The molecule has 0 radical (unpaired) electrons. The average Bonchev–Trinajstić information content (AvgIpc) is 2.55. The quantitative estimate of drug-likeness (QED) is 0.915. The second kappa shape index (κ2) is 6.45. The van der Waals surface area contributed by atoms with Gasteiger partial charge in [0.1, 0.15) is 0 Å². The van der Waals surface area contributed by atoms with Gasteiger partial charge < -0.3 is 10.2 Å². The van der Waals surface area contributed by atoms with E-state index in [0.717, 1.165) is 24.1 Å². The van der Waals surface area contributed by atoms with Crippen molar-refractivity contribution < 1.29 is 4.79 Å². The number of rotatable bonds is 5. The molecule has 1 saturated carbocycles. The van der Waals surface area contributed by atoms with Crippen LogP contribution < -0.4 is 10.2 Å². The fourth-order valence-electron chi connectivity index (χ4n) is 3.23. The number of benzene rings is 2. The smallest absolute Gasteiger partial charge is 0.251 e. The normalized spacial score (nSPS) is 15.6. The molecule has 3 heteroatoms. The van der Waals surface area contributed by atoms with Crippen molar-refractivity contribution in [1.82, 2.24) is 5.32 Å². The Hall–Kier alpha value is -2.29. The molecule has 0 unspecified atom stereocenters. The van der Waals surface area contributed by atoms with Gasteiger partial charge in [0.05, 0.1) is 0 Å². The zero-order valence-electron chi connectivity index (χ0n) is 13.9. The van der Waals surface area contributed by atoms with Crippen LogP contribution in [0, 0.1) is 0 Å². The van der Waals surface area contributed by atoms with Crippen molar-refractivity contribution in [1.29, 1.82) is 0 Å². The van der Waals surface area contributed by atoms with Crippen LogP contribution in [0.15, 0.2) is 54.6 Å². The highest BCUT2D eigenvalue weighted by Gasteiger charge is 2.38. The minimum absolute atomic E-state index is 0.0116. The van der Waals surface area contributed by atoms with Crippen LogP contribution in [0.25, 0.3) is 0 Å². The highest BCUT2D eigenvalue weighted by atomic mass is 16.1. The van der Waals surface area contributed by atoms with Crippen molar-refractivity contribution in [2.45, 2.75) is 24.7 Å². The van der Waals surface area contributed by atoms with Crippen LogP contribution in [0.5, 0.6) is 0 Å². The molecule has 0 saturated heterocycles. The summed E-state index contributed by atoms with van der Waals surface area (Å²) in [6.07, 6.45) is 3.54. The summed E-state index contributed by atoms with van der Waals surface area (Å²) in [4.78, 5) is 14.4. The third-order valence-corrected chi connectivity index (χ3v) is 4.93. The minimum atomic E-state index is 0.0116. The SMILES string of the molecule is CN(C)c1ccc(C(=O)NCC2(c3ccccc3)CCC2)cc1. The second-order valence-corrected chi connectivity index (χ2v) is 6.62. The van der Waals surface area contributed by atoms with E-state index in [2.05, 4.69) is 29.6 Å². The second-order valence-electron chi connectivity index (χ2n) is 6.62. The van der Waals surface area contributed by atoms with Crippen molar-refractivity contribution in [2.24, 2.45) is 0 Å². The number of carbonyl (C=O) groups excluding carboxylic acids is 1. The number of carbonyl (C=O) groups is 1. The van der Waals surface area contributed by atoms with Crippen molar-refractivity contribution in [3.63, 3.8) is 0 Å². The van der Waals surface area contributed by atoms with Crippen LogP contribution in [0.3, 0.4) is 0 Å². The van der Waals surface area contributed by atoms with Crippen LogP contribution >= 0.6 is 0 Å². The molecule has 1 N–H and O–H groups in total. The molecular formula is C20H24N2O. The monoisotopic (exact) mass is 308 g/mol. The molecule has 0 spiro atoms. The molecule has 0 bridgehead atoms. The molecule has 0 aromatic heterocycles. The molecule has 3 nitrogen and oxygen atoms in total. The average molecular weight is 308 g/mol. The molecule has 1 aliphatic carbocycles. The van der Waals surface area contributed by atoms with Gasteiger partial charge in [0.25, 0.3) is 5.91 Å². The first-order valence-corrected chi connectivity index (χ1v) is 8.22. The van der Waals surface area contributed by atoms with Gasteiger partial charge in [0.2, 0.25) is 0 Å². The molecule has 0 heterocycles. The molecular weight excluding hydrogens is 284 g/mol. The van der Waals surface area contributed by atoms with E-state index >= 15 is 0 Å². The summed E-state index contributed by atoms with van der Waals surface area (Å²) in [6, 6.07) is 18.3. The van der Waals surface area contributed by atoms with Gasteiger partial charge in [-0.15, -0.1) is 0 Å². The number of nitrogens with zero attached hydrogens (tertiary/aromatic N) is 1. The van der Waals surface area contributed by atoms with Gasteiger partial charge in [-0.25, -0.2) is 0 Å². The summed E-state index contributed by atoms with van der Waals surface area (Å²) in [6.45, 7) is 0.714. The molecule has 1 aliphatic rings. The maximum absolute atomic E-state index is 12.4. The van der Waals surface area contributed by atoms with E-state index in [1.165, 1.54) is 12.0 Å². The molecule has 120 valence electrons. The third kappa shape index (κ3) is 3.24. The number of hydrogen-bond donors (Lipinski definition) is 1. The van der Waals surface area contributed by atoms with E-state index in [4.69, 9.17) is 0 Å². The van der Waals surface area contributed by atoms with Gasteiger partial charge >= 0.3 is 0 Å². The van der Waals surface area contributed by atoms with Gasteiger partial charge in [-0.05, 0) is 42.7 Å². The van der Waals surface area contributed by atoms with Crippen molar-refractivity contribution in [3.05, 3.63) is 65.7 Å². The fourth-order valence-corrected chi connectivity index (χ4v) is 3.23. The zero-order valence-corrected chi connectivity index (χ0v) is 13.9. The minimum Gasteiger partial charge on any atom is -0.378 e. The molecule has 23 heavy (non-hydrogen) atoms. The van der Waals surface area contributed by atoms with Gasteiger partial charge in [-0.3, -0.25) is 4.79 Å². The Balaban J connectivity index is 1.66. The summed E-state index contributed by atoms with van der Waals surface area (Å²) >= 11 is 0. The summed E-state index contributed by atoms with van der Waals surface area (Å²) in [5, 5.41) is 3.14. The Morgan fingerprint density at radius 3 is 2.22 bits per heavy atom. The summed E-state index contributed by atoms with van der Waals surface area (Å²) in [5.74, 6) is 0.0116. The Labute approximate surface area is 138 Å². The first kappa shape index (κ1) is 15.6. The largest absolute Gasteiger partial charge is 0.378 e. The maximum Gasteiger partial charge on any atom is 0.251 e. The summed E-state index contributed by atoms with van der Waals surface area (Å²) in [7, 11) is 3.99. The lowest BCUT2D eigenvalue weighted by Gasteiger charge is -2.42. The molecule has 1 amide bonds. The van der Waals surface area contributed by atoms with E-state index in [1.807, 2.05) is 49.3 Å². The van der Waals surface area contributed by atoms with E-state index < -0.39 is 0 Å². The number of amides is 1. The first-order valence-electron chi connectivity index (χ1n) is 8.22. The van der Waals surface area contributed by atoms with Gasteiger partial charge in [0.15, 0.2) is 0 Å². The molecule has 0 atom stereocenters. The highest BCUT2D eigenvalue weighted by molar-refractivity contribution is 5.94. The summed E-state index contributed by atoms with van der Waals surface area (Å²) < 4.78 is 0. The van der Waals surface area contributed by atoms with Crippen molar-refractivity contribution in [2.75, 3.05) is 25.5 Å². The van der Waals surface area contributed by atoms with E-state index in [0.29, 0.717) is 6.54 Å². The lowest BCUT2D eigenvalue weighted by Crippen LogP contribution is -2.45.